The average Bonchev–Trinajstić information content (AvgIpc) is 3.02. The van der Waals surface area contributed by atoms with E-state index in [0.717, 1.165) is 43.9 Å². The van der Waals surface area contributed by atoms with Gasteiger partial charge in [-0.05, 0) is 30.3 Å². The summed E-state index contributed by atoms with van der Waals surface area (Å²) in [6, 6.07) is 16.0. The Kier molecular flexibility index (Phi) is 2.26. The van der Waals surface area contributed by atoms with Crippen LogP contribution >= 0.6 is 11.6 Å². The molecule has 0 fully saturated rings. The molecule has 0 N–H and O–H groups in total. The van der Waals surface area contributed by atoms with E-state index in [0.29, 0.717) is 5.02 Å². The van der Waals surface area contributed by atoms with Crippen LogP contribution in [0.5, 0.6) is 0 Å². The van der Waals surface area contributed by atoms with Gasteiger partial charge in [-0.25, -0.2) is 0 Å². The molecular formula is C18H10BClO2. The highest BCUT2D eigenvalue weighted by molar-refractivity contribution is 6.34. The molecule has 0 amide bonds. The highest BCUT2D eigenvalue weighted by atomic mass is 35.5. The smallest absolute Gasteiger partial charge is 0.139 e. The maximum absolute atomic E-state index is 6.08. The van der Waals surface area contributed by atoms with Crippen LogP contribution in [0.4, 0.5) is 0 Å². The van der Waals surface area contributed by atoms with E-state index in [1.165, 1.54) is 5.46 Å². The van der Waals surface area contributed by atoms with E-state index in [1.54, 1.807) is 0 Å². The van der Waals surface area contributed by atoms with E-state index in [1.807, 2.05) is 30.3 Å². The highest BCUT2D eigenvalue weighted by Gasteiger charge is 2.16. The van der Waals surface area contributed by atoms with E-state index in [9.17, 15) is 0 Å². The van der Waals surface area contributed by atoms with Crippen molar-refractivity contribution in [3.63, 3.8) is 0 Å². The predicted octanol–water partition coefficient (Wildman–Crippen LogP) is 4.40. The number of hydrogen-bond donors (Lipinski definition) is 0. The lowest BCUT2D eigenvalue weighted by atomic mass is 9.95. The number of halogens is 1. The molecule has 0 unspecified atom stereocenters. The molecule has 0 saturated carbocycles. The third-order valence-corrected chi connectivity index (χ3v) is 4.42. The lowest BCUT2D eigenvalue weighted by molar-refractivity contribution is 0.663. The SMILES string of the molecule is Bc1ccc2c(c1)oc1ccc3oc4cc(Cl)ccc4c3c12. The summed E-state index contributed by atoms with van der Waals surface area (Å²) < 4.78 is 12.0. The average molecular weight is 305 g/mol. The molecule has 22 heavy (non-hydrogen) atoms. The summed E-state index contributed by atoms with van der Waals surface area (Å²) >= 11 is 6.08. The maximum atomic E-state index is 6.08. The van der Waals surface area contributed by atoms with Gasteiger partial charge in [-0.1, -0.05) is 29.2 Å². The molecular weight excluding hydrogens is 294 g/mol. The third-order valence-electron chi connectivity index (χ3n) is 4.19. The van der Waals surface area contributed by atoms with Gasteiger partial charge in [0.25, 0.3) is 0 Å². The second kappa shape index (κ2) is 4.08. The van der Waals surface area contributed by atoms with Crippen LogP contribution in [-0.4, -0.2) is 7.85 Å². The Balaban J connectivity index is 2.10. The minimum Gasteiger partial charge on any atom is -0.456 e. The van der Waals surface area contributed by atoms with Crippen molar-refractivity contribution in [2.45, 2.75) is 0 Å². The molecule has 0 spiro atoms. The minimum atomic E-state index is 0.676. The predicted molar refractivity (Wildman–Crippen MR) is 94.2 cm³/mol. The van der Waals surface area contributed by atoms with Crippen molar-refractivity contribution >= 4 is 68.8 Å². The van der Waals surface area contributed by atoms with Crippen LogP contribution in [0.25, 0.3) is 43.9 Å². The van der Waals surface area contributed by atoms with E-state index in [-0.39, 0.29) is 0 Å². The Bertz CT molecular complexity index is 1100. The fourth-order valence-electron chi connectivity index (χ4n) is 3.21. The number of rotatable bonds is 0. The zero-order chi connectivity index (χ0) is 14.8. The Morgan fingerprint density at radius 3 is 1.95 bits per heavy atom. The van der Waals surface area contributed by atoms with Crippen molar-refractivity contribution in [2.24, 2.45) is 0 Å². The normalized spacial score (nSPS) is 12.0. The first kappa shape index (κ1) is 12.2. The van der Waals surface area contributed by atoms with E-state index in [4.69, 9.17) is 20.4 Å². The molecule has 5 rings (SSSR count). The summed E-state index contributed by atoms with van der Waals surface area (Å²) in [4.78, 5) is 0. The molecule has 0 bridgehead atoms. The summed E-state index contributed by atoms with van der Waals surface area (Å²) in [7, 11) is 2.07. The lowest BCUT2D eigenvalue weighted by Crippen LogP contribution is -1.98. The van der Waals surface area contributed by atoms with Gasteiger partial charge in [-0.15, -0.1) is 0 Å². The summed E-state index contributed by atoms with van der Waals surface area (Å²) in [5, 5.41) is 5.05. The fraction of sp³-hybridized carbons (Fsp3) is 0. The molecule has 2 heterocycles. The first-order valence-electron chi connectivity index (χ1n) is 7.14. The fourth-order valence-corrected chi connectivity index (χ4v) is 3.38. The standard InChI is InChI=1S/C18H10BClO2/c19-9-1-3-11-15(7-9)21-13-5-6-14-18(17(11)13)12-4-2-10(20)8-16(12)22-14/h1-8H,19H2. The van der Waals surface area contributed by atoms with Crippen LogP contribution in [0.3, 0.4) is 0 Å². The van der Waals surface area contributed by atoms with Crippen LogP contribution in [0.1, 0.15) is 0 Å². The second-order valence-corrected chi connectivity index (χ2v) is 6.09. The first-order chi connectivity index (χ1) is 10.7. The zero-order valence-corrected chi connectivity index (χ0v) is 12.6. The number of furan rings is 2. The van der Waals surface area contributed by atoms with E-state index < -0.39 is 0 Å². The summed E-state index contributed by atoms with van der Waals surface area (Å²) in [6.07, 6.45) is 0. The molecule has 104 valence electrons. The second-order valence-electron chi connectivity index (χ2n) is 5.66. The van der Waals surface area contributed by atoms with Crippen molar-refractivity contribution < 1.29 is 8.83 Å². The van der Waals surface area contributed by atoms with Crippen molar-refractivity contribution in [1.29, 1.82) is 0 Å². The topological polar surface area (TPSA) is 26.3 Å². The van der Waals surface area contributed by atoms with Gasteiger partial charge in [0.1, 0.15) is 30.2 Å². The molecule has 0 aliphatic heterocycles. The van der Waals surface area contributed by atoms with Gasteiger partial charge < -0.3 is 8.83 Å². The quantitative estimate of drug-likeness (QED) is 0.396. The molecule has 3 aromatic carbocycles. The highest BCUT2D eigenvalue weighted by Crippen LogP contribution is 2.39. The summed E-state index contributed by atoms with van der Waals surface area (Å²) in [5.41, 5.74) is 4.63. The maximum Gasteiger partial charge on any atom is 0.139 e. The molecule has 2 nitrogen and oxygen atoms in total. The van der Waals surface area contributed by atoms with Gasteiger partial charge >= 0.3 is 0 Å². The molecule has 5 aromatic rings. The zero-order valence-electron chi connectivity index (χ0n) is 11.8. The van der Waals surface area contributed by atoms with Gasteiger partial charge in [0.05, 0.1) is 0 Å². The van der Waals surface area contributed by atoms with Crippen LogP contribution in [0.15, 0.2) is 57.4 Å². The Morgan fingerprint density at radius 1 is 0.682 bits per heavy atom. The van der Waals surface area contributed by atoms with Crippen molar-refractivity contribution in [3.05, 3.63) is 53.6 Å². The van der Waals surface area contributed by atoms with Gasteiger partial charge in [0.2, 0.25) is 0 Å². The van der Waals surface area contributed by atoms with E-state index in [2.05, 4.69) is 26.0 Å². The molecule has 0 aliphatic carbocycles. The van der Waals surface area contributed by atoms with Crippen LogP contribution < -0.4 is 5.46 Å². The first-order valence-corrected chi connectivity index (χ1v) is 7.52. The van der Waals surface area contributed by atoms with Gasteiger partial charge in [0.15, 0.2) is 0 Å². The molecule has 0 aliphatic rings. The third kappa shape index (κ3) is 1.52. The van der Waals surface area contributed by atoms with Crippen LogP contribution in [0, 0.1) is 0 Å². The van der Waals surface area contributed by atoms with Gasteiger partial charge in [-0.2, -0.15) is 0 Å². The monoisotopic (exact) mass is 304 g/mol. The number of hydrogen-bond acceptors (Lipinski definition) is 2. The Labute approximate surface area is 131 Å². The van der Waals surface area contributed by atoms with Crippen LogP contribution in [-0.2, 0) is 0 Å². The summed E-state index contributed by atoms with van der Waals surface area (Å²) in [6.45, 7) is 0. The molecule has 0 radical (unpaired) electrons. The van der Waals surface area contributed by atoms with Crippen molar-refractivity contribution in [3.8, 4) is 0 Å². The van der Waals surface area contributed by atoms with Crippen molar-refractivity contribution in [1.82, 2.24) is 0 Å². The number of benzene rings is 3. The lowest BCUT2D eigenvalue weighted by Gasteiger charge is -1.94. The Hall–Kier alpha value is -2.39. The van der Waals surface area contributed by atoms with Crippen LogP contribution in [0.2, 0.25) is 5.02 Å². The molecule has 4 heteroatoms. The Morgan fingerprint density at radius 2 is 1.27 bits per heavy atom. The van der Waals surface area contributed by atoms with E-state index >= 15 is 0 Å². The van der Waals surface area contributed by atoms with Crippen molar-refractivity contribution in [2.75, 3.05) is 0 Å². The van der Waals surface area contributed by atoms with Gasteiger partial charge in [-0.3, -0.25) is 0 Å². The summed E-state index contributed by atoms with van der Waals surface area (Å²) in [5.74, 6) is 0. The molecule has 0 atom stereocenters. The molecule has 2 aromatic heterocycles. The minimum absolute atomic E-state index is 0.676. The number of fused-ring (bicyclic) bond motifs is 7. The largest absolute Gasteiger partial charge is 0.456 e. The van der Waals surface area contributed by atoms with Gasteiger partial charge in [0, 0.05) is 32.6 Å². The molecule has 0 saturated heterocycles.